The highest BCUT2D eigenvalue weighted by atomic mass is 16.1. The monoisotopic (exact) mass is 216 g/mol. The van der Waals surface area contributed by atoms with E-state index in [4.69, 9.17) is 11.5 Å². The molecule has 0 aliphatic heterocycles. The zero-order valence-electron chi connectivity index (χ0n) is 9.31. The molecule has 0 heterocycles. The Bertz CT molecular complexity index is 451. The number of carbonyl (C=O) groups is 1. The van der Waals surface area contributed by atoms with Crippen molar-refractivity contribution in [3.8, 4) is 0 Å². The first-order valence-electron chi connectivity index (χ1n) is 5.39. The number of fused-ring (bicyclic) bond motifs is 1. The van der Waals surface area contributed by atoms with Crippen molar-refractivity contribution < 1.29 is 4.79 Å². The maximum absolute atomic E-state index is 11.9. The SMILES string of the molecule is C[C@H](N)C(=O)C1(N)C=Cc2ccccc2C1. The highest BCUT2D eigenvalue weighted by Gasteiger charge is 2.35. The Kier molecular flexibility index (Phi) is 2.66. The Balaban J connectivity index is 2.35. The molecule has 0 aromatic heterocycles. The largest absolute Gasteiger partial charge is 0.322 e. The third-order valence-corrected chi connectivity index (χ3v) is 2.97. The zero-order chi connectivity index (χ0) is 11.8. The maximum Gasteiger partial charge on any atom is 0.173 e. The maximum atomic E-state index is 11.9. The molecule has 1 aromatic rings. The van der Waals surface area contributed by atoms with Crippen LogP contribution in [0, 0.1) is 0 Å². The highest BCUT2D eigenvalue weighted by Crippen LogP contribution is 2.25. The van der Waals surface area contributed by atoms with Crippen molar-refractivity contribution in [2.75, 3.05) is 0 Å². The molecule has 0 spiro atoms. The van der Waals surface area contributed by atoms with Crippen LogP contribution in [-0.4, -0.2) is 17.4 Å². The lowest BCUT2D eigenvalue weighted by molar-refractivity contribution is -0.123. The van der Waals surface area contributed by atoms with Gasteiger partial charge in [0.05, 0.1) is 11.6 Å². The van der Waals surface area contributed by atoms with E-state index in [9.17, 15) is 4.79 Å². The molecule has 2 atom stereocenters. The predicted molar refractivity (Wildman–Crippen MR) is 64.8 cm³/mol. The summed E-state index contributed by atoms with van der Waals surface area (Å²) in [6, 6.07) is 7.41. The number of hydrogen-bond acceptors (Lipinski definition) is 3. The van der Waals surface area contributed by atoms with Gasteiger partial charge in [-0.05, 0) is 18.1 Å². The van der Waals surface area contributed by atoms with Crippen LogP contribution in [0.2, 0.25) is 0 Å². The van der Waals surface area contributed by atoms with E-state index < -0.39 is 11.6 Å². The lowest BCUT2D eigenvalue weighted by atomic mass is 9.79. The molecular formula is C13H16N2O. The first kappa shape index (κ1) is 11.0. The van der Waals surface area contributed by atoms with Crippen molar-refractivity contribution in [1.82, 2.24) is 0 Å². The molecule has 16 heavy (non-hydrogen) atoms. The minimum Gasteiger partial charge on any atom is -0.322 e. The van der Waals surface area contributed by atoms with E-state index >= 15 is 0 Å². The van der Waals surface area contributed by atoms with Crippen molar-refractivity contribution in [2.45, 2.75) is 24.9 Å². The molecule has 84 valence electrons. The van der Waals surface area contributed by atoms with Crippen LogP contribution in [0.3, 0.4) is 0 Å². The minimum atomic E-state index is -0.942. The molecule has 1 unspecified atom stereocenters. The number of nitrogens with two attached hydrogens (primary N) is 2. The van der Waals surface area contributed by atoms with Crippen LogP contribution in [0.25, 0.3) is 6.08 Å². The van der Waals surface area contributed by atoms with Gasteiger partial charge >= 0.3 is 0 Å². The summed E-state index contributed by atoms with van der Waals surface area (Å²) in [5.41, 5.74) is 13.0. The van der Waals surface area contributed by atoms with Crippen LogP contribution in [0.5, 0.6) is 0 Å². The summed E-state index contributed by atoms with van der Waals surface area (Å²) in [7, 11) is 0. The molecule has 3 heteroatoms. The summed E-state index contributed by atoms with van der Waals surface area (Å²) in [4.78, 5) is 11.9. The first-order valence-corrected chi connectivity index (χ1v) is 5.39. The van der Waals surface area contributed by atoms with Crippen molar-refractivity contribution in [3.63, 3.8) is 0 Å². The average Bonchev–Trinajstić information content (AvgIpc) is 2.27. The normalized spacial score (nSPS) is 24.9. The van der Waals surface area contributed by atoms with Gasteiger partial charge in [0.2, 0.25) is 0 Å². The van der Waals surface area contributed by atoms with Gasteiger partial charge in [-0.15, -0.1) is 0 Å². The molecule has 0 amide bonds. The summed E-state index contributed by atoms with van der Waals surface area (Å²) in [5, 5.41) is 0. The zero-order valence-corrected chi connectivity index (χ0v) is 9.31. The van der Waals surface area contributed by atoms with Crippen molar-refractivity contribution in [1.29, 1.82) is 0 Å². The Hall–Kier alpha value is -1.45. The van der Waals surface area contributed by atoms with E-state index in [1.54, 1.807) is 13.0 Å². The van der Waals surface area contributed by atoms with Crippen molar-refractivity contribution in [3.05, 3.63) is 41.5 Å². The van der Waals surface area contributed by atoms with Gasteiger partial charge in [-0.2, -0.15) is 0 Å². The fraction of sp³-hybridized carbons (Fsp3) is 0.308. The molecule has 0 fully saturated rings. The van der Waals surface area contributed by atoms with Crippen molar-refractivity contribution in [2.24, 2.45) is 11.5 Å². The van der Waals surface area contributed by atoms with Crippen LogP contribution in [0.1, 0.15) is 18.1 Å². The summed E-state index contributed by atoms with van der Waals surface area (Å²) in [6.45, 7) is 1.67. The molecule has 1 aliphatic rings. The fourth-order valence-corrected chi connectivity index (χ4v) is 2.06. The first-order chi connectivity index (χ1) is 7.53. The number of benzene rings is 1. The van der Waals surface area contributed by atoms with Gasteiger partial charge in [-0.25, -0.2) is 0 Å². The summed E-state index contributed by atoms with van der Waals surface area (Å²) >= 11 is 0. The van der Waals surface area contributed by atoms with Crippen molar-refractivity contribution >= 4 is 11.9 Å². The molecule has 1 aromatic carbocycles. The van der Waals surface area contributed by atoms with E-state index in [0.717, 1.165) is 11.1 Å². The fourth-order valence-electron chi connectivity index (χ4n) is 2.06. The van der Waals surface area contributed by atoms with Crippen LogP contribution < -0.4 is 11.5 Å². The molecule has 0 saturated heterocycles. The number of hydrogen-bond donors (Lipinski definition) is 2. The smallest absolute Gasteiger partial charge is 0.173 e. The summed E-state index contributed by atoms with van der Waals surface area (Å²) < 4.78 is 0. The quantitative estimate of drug-likeness (QED) is 0.770. The van der Waals surface area contributed by atoms with Gasteiger partial charge < -0.3 is 11.5 Å². The van der Waals surface area contributed by atoms with E-state index in [2.05, 4.69) is 0 Å². The van der Waals surface area contributed by atoms with Gasteiger partial charge in [-0.1, -0.05) is 36.4 Å². The lowest BCUT2D eigenvalue weighted by Gasteiger charge is -2.30. The van der Waals surface area contributed by atoms with Crippen LogP contribution >= 0.6 is 0 Å². The number of rotatable bonds is 2. The summed E-state index contributed by atoms with van der Waals surface area (Å²) in [6.07, 6.45) is 4.19. The van der Waals surface area contributed by atoms with E-state index in [-0.39, 0.29) is 5.78 Å². The third-order valence-electron chi connectivity index (χ3n) is 2.97. The number of ketones is 1. The van der Waals surface area contributed by atoms with Gasteiger partial charge in [-0.3, -0.25) is 4.79 Å². The van der Waals surface area contributed by atoms with Crippen LogP contribution in [0.4, 0.5) is 0 Å². The molecule has 2 rings (SSSR count). The summed E-state index contributed by atoms with van der Waals surface area (Å²) in [5.74, 6) is -0.113. The van der Waals surface area contributed by atoms with Gasteiger partial charge in [0, 0.05) is 6.42 Å². The third kappa shape index (κ3) is 1.79. The minimum absolute atomic E-state index is 0.113. The molecule has 0 radical (unpaired) electrons. The predicted octanol–water partition coefficient (Wildman–Crippen LogP) is 0.870. The molecular weight excluding hydrogens is 200 g/mol. The highest BCUT2D eigenvalue weighted by molar-refractivity contribution is 5.96. The van der Waals surface area contributed by atoms with Gasteiger partial charge in [0.1, 0.15) is 0 Å². The van der Waals surface area contributed by atoms with E-state index in [1.165, 1.54) is 0 Å². The molecule has 0 saturated carbocycles. The molecule has 1 aliphatic carbocycles. The van der Waals surface area contributed by atoms with Crippen LogP contribution in [0.15, 0.2) is 30.3 Å². The van der Waals surface area contributed by atoms with E-state index in [1.807, 2.05) is 30.3 Å². The lowest BCUT2D eigenvalue weighted by Crippen LogP contribution is -2.55. The second kappa shape index (κ2) is 3.85. The second-order valence-corrected chi connectivity index (χ2v) is 4.40. The Morgan fingerprint density at radius 1 is 1.44 bits per heavy atom. The Morgan fingerprint density at radius 3 is 2.81 bits per heavy atom. The number of carbonyl (C=O) groups excluding carboxylic acids is 1. The van der Waals surface area contributed by atoms with Gasteiger partial charge in [0.15, 0.2) is 5.78 Å². The molecule has 0 bridgehead atoms. The van der Waals surface area contributed by atoms with E-state index in [0.29, 0.717) is 6.42 Å². The molecule has 4 N–H and O–H groups in total. The number of Topliss-reactive ketones (excluding diaryl/α,β-unsaturated/α-hetero) is 1. The van der Waals surface area contributed by atoms with Crippen LogP contribution in [-0.2, 0) is 11.2 Å². The Labute approximate surface area is 95.1 Å². The Morgan fingerprint density at radius 2 is 2.12 bits per heavy atom. The van der Waals surface area contributed by atoms with Gasteiger partial charge in [0.25, 0.3) is 0 Å². The second-order valence-electron chi connectivity index (χ2n) is 4.40. The topological polar surface area (TPSA) is 69.1 Å². The standard InChI is InChI=1S/C13H16N2O/c1-9(14)12(16)13(15)7-6-10-4-2-3-5-11(10)8-13/h2-7,9H,8,14-15H2,1H3/t9-,13?/m0/s1. The average molecular weight is 216 g/mol. The molecule has 3 nitrogen and oxygen atoms in total.